The molecule has 1 aromatic heterocycles. The molecule has 4 nitrogen and oxygen atoms in total. The number of sulfone groups is 1. The molecule has 23 heavy (non-hydrogen) atoms. The lowest BCUT2D eigenvalue weighted by Gasteiger charge is -2.21. The molecule has 0 radical (unpaired) electrons. The van der Waals surface area contributed by atoms with Crippen molar-refractivity contribution in [2.45, 2.75) is 13.5 Å². The van der Waals surface area contributed by atoms with Crippen molar-refractivity contribution in [1.29, 1.82) is 0 Å². The number of fused-ring (bicyclic) bond motifs is 1. The van der Waals surface area contributed by atoms with E-state index in [1.807, 2.05) is 11.8 Å². The van der Waals surface area contributed by atoms with Gasteiger partial charge in [-0.2, -0.15) is 0 Å². The van der Waals surface area contributed by atoms with Crippen molar-refractivity contribution < 1.29 is 17.2 Å². The molecular weight excluding hydrogens is 322 g/mol. The summed E-state index contributed by atoms with van der Waals surface area (Å²) in [4.78, 5) is 6.22. The number of benzene rings is 1. The molecule has 0 saturated carbocycles. The molecule has 2 aromatic rings. The van der Waals surface area contributed by atoms with Crippen LogP contribution in [0.25, 0.3) is 10.9 Å². The lowest BCUT2D eigenvalue weighted by Crippen LogP contribution is -2.29. The van der Waals surface area contributed by atoms with Gasteiger partial charge >= 0.3 is 0 Å². The molecule has 1 aromatic carbocycles. The van der Waals surface area contributed by atoms with E-state index < -0.39 is 21.5 Å². The SMILES string of the molecule is CC1CN(Cc2ccc3ccc(F)c(F)c3n2)CCS(=O)(=O)C1. The molecule has 0 aliphatic carbocycles. The first-order chi connectivity index (χ1) is 10.8. The molecule has 1 atom stereocenters. The Bertz CT molecular complexity index is 839. The summed E-state index contributed by atoms with van der Waals surface area (Å²) in [5.74, 6) is -1.52. The fourth-order valence-corrected chi connectivity index (χ4v) is 4.68. The van der Waals surface area contributed by atoms with E-state index in [2.05, 4.69) is 4.98 Å². The standard InChI is InChI=1S/C16H18F2N2O2S/c1-11-8-20(6-7-23(21,22)10-11)9-13-4-2-12-3-5-14(17)15(18)16(12)19-13/h2-5,11H,6-10H2,1H3. The van der Waals surface area contributed by atoms with Crippen LogP contribution in [0.5, 0.6) is 0 Å². The summed E-state index contributed by atoms with van der Waals surface area (Å²) in [6.07, 6.45) is 0. The van der Waals surface area contributed by atoms with Crippen LogP contribution in [-0.4, -0.2) is 42.9 Å². The number of halogens is 2. The largest absolute Gasteiger partial charge is 0.296 e. The van der Waals surface area contributed by atoms with Crippen LogP contribution in [0.4, 0.5) is 8.78 Å². The first-order valence-corrected chi connectivity index (χ1v) is 9.32. The summed E-state index contributed by atoms with van der Waals surface area (Å²) < 4.78 is 50.8. The van der Waals surface area contributed by atoms with E-state index in [4.69, 9.17) is 0 Å². The van der Waals surface area contributed by atoms with Crippen LogP contribution < -0.4 is 0 Å². The summed E-state index contributed by atoms with van der Waals surface area (Å²) in [5.41, 5.74) is 0.617. The van der Waals surface area contributed by atoms with Crippen molar-refractivity contribution in [2.75, 3.05) is 24.6 Å². The molecule has 0 bridgehead atoms. The van der Waals surface area contributed by atoms with Gasteiger partial charge in [-0.25, -0.2) is 22.2 Å². The van der Waals surface area contributed by atoms with Gasteiger partial charge in [-0.1, -0.05) is 13.0 Å². The van der Waals surface area contributed by atoms with Gasteiger partial charge in [0.2, 0.25) is 0 Å². The molecule has 1 saturated heterocycles. The third-order valence-electron chi connectivity index (χ3n) is 4.02. The van der Waals surface area contributed by atoms with E-state index in [-0.39, 0.29) is 22.9 Å². The molecule has 124 valence electrons. The maximum atomic E-state index is 13.9. The minimum Gasteiger partial charge on any atom is -0.296 e. The Morgan fingerprint density at radius 2 is 2.00 bits per heavy atom. The number of hydrogen-bond donors (Lipinski definition) is 0. The maximum absolute atomic E-state index is 13.9. The van der Waals surface area contributed by atoms with Crippen molar-refractivity contribution in [2.24, 2.45) is 5.92 Å². The van der Waals surface area contributed by atoms with Crippen LogP contribution in [-0.2, 0) is 16.4 Å². The first kappa shape index (κ1) is 16.3. The van der Waals surface area contributed by atoms with Crippen molar-refractivity contribution >= 4 is 20.7 Å². The summed E-state index contributed by atoms with van der Waals surface area (Å²) >= 11 is 0. The number of aromatic nitrogens is 1. The number of nitrogens with zero attached hydrogens (tertiary/aromatic N) is 2. The molecule has 1 fully saturated rings. The molecule has 7 heteroatoms. The minimum absolute atomic E-state index is 0.0120. The molecule has 0 spiro atoms. The van der Waals surface area contributed by atoms with Gasteiger partial charge in [0.15, 0.2) is 21.5 Å². The van der Waals surface area contributed by atoms with Crippen LogP contribution in [0, 0.1) is 17.6 Å². The van der Waals surface area contributed by atoms with Gasteiger partial charge in [0.1, 0.15) is 5.52 Å². The fraction of sp³-hybridized carbons (Fsp3) is 0.438. The molecule has 0 amide bonds. The quantitative estimate of drug-likeness (QED) is 0.842. The Hall–Kier alpha value is -1.60. The van der Waals surface area contributed by atoms with Gasteiger partial charge in [0.05, 0.1) is 17.2 Å². The second-order valence-corrected chi connectivity index (χ2v) is 8.42. The van der Waals surface area contributed by atoms with E-state index in [1.54, 1.807) is 12.1 Å². The molecule has 0 N–H and O–H groups in total. The lowest BCUT2D eigenvalue weighted by atomic mass is 10.1. The molecular formula is C16H18F2N2O2S. The molecule has 1 aliphatic rings. The fourth-order valence-electron chi connectivity index (χ4n) is 3.00. The lowest BCUT2D eigenvalue weighted by molar-refractivity contribution is 0.254. The molecule has 3 rings (SSSR count). The normalized spacial score (nSPS) is 22.1. The van der Waals surface area contributed by atoms with E-state index in [9.17, 15) is 17.2 Å². The van der Waals surface area contributed by atoms with Crippen LogP contribution in [0.1, 0.15) is 12.6 Å². The van der Waals surface area contributed by atoms with E-state index in [0.717, 1.165) is 6.07 Å². The predicted octanol–water partition coefficient (Wildman–Crippen LogP) is 2.38. The van der Waals surface area contributed by atoms with E-state index >= 15 is 0 Å². The zero-order valence-corrected chi connectivity index (χ0v) is 13.6. The smallest absolute Gasteiger partial charge is 0.184 e. The zero-order chi connectivity index (χ0) is 16.6. The Balaban J connectivity index is 1.85. The van der Waals surface area contributed by atoms with Crippen LogP contribution >= 0.6 is 0 Å². The Kier molecular flexibility index (Phi) is 4.33. The van der Waals surface area contributed by atoms with Crippen LogP contribution in [0.15, 0.2) is 24.3 Å². The van der Waals surface area contributed by atoms with Crippen molar-refractivity contribution in [1.82, 2.24) is 9.88 Å². The van der Waals surface area contributed by atoms with Gasteiger partial charge in [-0.05, 0) is 24.1 Å². The number of pyridine rings is 1. The third-order valence-corrected chi connectivity index (χ3v) is 5.90. The summed E-state index contributed by atoms with van der Waals surface area (Å²) in [7, 11) is -3.01. The second kappa shape index (κ2) is 6.13. The Morgan fingerprint density at radius 3 is 2.78 bits per heavy atom. The average Bonchev–Trinajstić information content (AvgIpc) is 2.61. The zero-order valence-electron chi connectivity index (χ0n) is 12.8. The van der Waals surface area contributed by atoms with Crippen LogP contribution in [0.3, 0.4) is 0 Å². The highest BCUT2D eigenvalue weighted by atomic mass is 32.2. The summed E-state index contributed by atoms with van der Waals surface area (Å²) in [6, 6.07) is 6.05. The van der Waals surface area contributed by atoms with Gasteiger partial charge in [-0.15, -0.1) is 0 Å². The first-order valence-electron chi connectivity index (χ1n) is 7.50. The van der Waals surface area contributed by atoms with Crippen LogP contribution in [0.2, 0.25) is 0 Å². The van der Waals surface area contributed by atoms with E-state index in [1.165, 1.54) is 6.07 Å². The Morgan fingerprint density at radius 1 is 1.26 bits per heavy atom. The van der Waals surface area contributed by atoms with E-state index in [0.29, 0.717) is 30.7 Å². The molecule has 1 unspecified atom stereocenters. The van der Waals surface area contributed by atoms with Crippen molar-refractivity contribution in [3.05, 3.63) is 41.6 Å². The topological polar surface area (TPSA) is 50.3 Å². The predicted molar refractivity (Wildman–Crippen MR) is 84.8 cm³/mol. The maximum Gasteiger partial charge on any atom is 0.184 e. The Labute approximate surface area is 134 Å². The van der Waals surface area contributed by atoms with Gasteiger partial charge in [0, 0.05) is 25.0 Å². The van der Waals surface area contributed by atoms with Gasteiger partial charge in [0.25, 0.3) is 0 Å². The highest BCUT2D eigenvalue weighted by Gasteiger charge is 2.24. The van der Waals surface area contributed by atoms with Crippen molar-refractivity contribution in [3.63, 3.8) is 0 Å². The summed E-state index contributed by atoms with van der Waals surface area (Å²) in [6.45, 7) is 3.40. The average molecular weight is 340 g/mol. The number of rotatable bonds is 2. The highest BCUT2D eigenvalue weighted by molar-refractivity contribution is 7.91. The van der Waals surface area contributed by atoms with Crippen molar-refractivity contribution in [3.8, 4) is 0 Å². The highest BCUT2D eigenvalue weighted by Crippen LogP contribution is 2.20. The molecule has 1 aliphatic heterocycles. The third kappa shape index (κ3) is 3.67. The monoisotopic (exact) mass is 340 g/mol. The number of hydrogen-bond acceptors (Lipinski definition) is 4. The second-order valence-electron chi connectivity index (χ2n) is 6.19. The van der Waals surface area contributed by atoms with Gasteiger partial charge < -0.3 is 0 Å². The minimum atomic E-state index is -3.01. The van der Waals surface area contributed by atoms with Gasteiger partial charge in [-0.3, -0.25) is 4.90 Å². The molecule has 2 heterocycles. The summed E-state index contributed by atoms with van der Waals surface area (Å²) in [5, 5.41) is 0.541.